The van der Waals surface area contributed by atoms with Gasteiger partial charge in [0.1, 0.15) is 0 Å². The molecule has 1 aliphatic rings. The Bertz CT molecular complexity index is 289. The zero-order chi connectivity index (χ0) is 8.55. The fourth-order valence-corrected chi connectivity index (χ4v) is 1.76. The molecule has 0 fully saturated rings. The summed E-state index contributed by atoms with van der Waals surface area (Å²) in [6, 6.07) is 0. The van der Waals surface area contributed by atoms with Crippen molar-refractivity contribution in [3.05, 3.63) is 17.0 Å². The van der Waals surface area contributed by atoms with E-state index in [0.717, 1.165) is 25.2 Å². The summed E-state index contributed by atoms with van der Waals surface area (Å²) in [5.74, 6) is 0. The molecule has 0 radical (unpaired) electrons. The van der Waals surface area contributed by atoms with Crippen LogP contribution in [0.25, 0.3) is 0 Å². The average Bonchev–Trinajstić information content (AvgIpc) is 2.44. The number of fused-ring (bicyclic) bond motifs is 1. The summed E-state index contributed by atoms with van der Waals surface area (Å²) in [5, 5.41) is 7.68. The third kappa shape index (κ3) is 1.04. The Morgan fingerprint density at radius 3 is 3.25 bits per heavy atom. The molecule has 0 unspecified atom stereocenters. The van der Waals surface area contributed by atoms with Gasteiger partial charge in [-0.3, -0.25) is 4.68 Å². The van der Waals surface area contributed by atoms with E-state index in [0.29, 0.717) is 6.54 Å². The maximum atomic E-state index is 5.58. The highest BCUT2D eigenvalue weighted by atomic mass is 15.3. The van der Waals surface area contributed by atoms with Crippen LogP contribution in [0.4, 0.5) is 0 Å². The quantitative estimate of drug-likeness (QED) is 0.592. The molecule has 0 aromatic carbocycles. The molecule has 1 aliphatic heterocycles. The lowest BCUT2D eigenvalue weighted by atomic mass is 10.1. The van der Waals surface area contributed by atoms with Crippen LogP contribution in [0, 0.1) is 0 Å². The van der Waals surface area contributed by atoms with Crippen molar-refractivity contribution in [2.45, 2.75) is 19.5 Å². The third-order valence-electron chi connectivity index (χ3n) is 2.39. The molecule has 4 heteroatoms. The lowest BCUT2D eigenvalue weighted by Crippen LogP contribution is -2.25. The molecule has 0 saturated carbocycles. The second-order valence-electron chi connectivity index (χ2n) is 3.13. The summed E-state index contributed by atoms with van der Waals surface area (Å²) in [6.07, 6.45) is 1.07. The zero-order valence-corrected chi connectivity index (χ0v) is 7.30. The van der Waals surface area contributed by atoms with E-state index in [1.807, 2.05) is 11.7 Å². The van der Waals surface area contributed by atoms with Crippen molar-refractivity contribution in [2.24, 2.45) is 12.8 Å². The number of hydrogen-bond acceptors (Lipinski definition) is 3. The molecule has 12 heavy (non-hydrogen) atoms. The Morgan fingerprint density at radius 1 is 1.67 bits per heavy atom. The van der Waals surface area contributed by atoms with Gasteiger partial charge in [-0.15, -0.1) is 0 Å². The smallest absolute Gasteiger partial charge is 0.0808 e. The highest BCUT2D eigenvalue weighted by Crippen LogP contribution is 2.16. The summed E-state index contributed by atoms with van der Waals surface area (Å²) < 4.78 is 1.96. The monoisotopic (exact) mass is 166 g/mol. The predicted octanol–water partition coefficient (Wildman–Crippen LogP) is -0.475. The summed E-state index contributed by atoms with van der Waals surface area (Å²) in [5.41, 5.74) is 9.28. The van der Waals surface area contributed by atoms with Gasteiger partial charge in [-0.25, -0.2) is 0 Å². The van der Waals surface area contributed by atoms with Crippen molar-refractivity contribution in [3.8, 4) is 0 Å². The average molecular weight is 166 g/mol. The first-order chi connectivity index (χ1) is 5.83. The van der Waals surface area contributed by atoms with Crippen molar-refractivity contribution in [1.29, 1.82) is 0 Å². The van der Waals surface area contributed by atoms with Gasteiger partial charge in [0.25, 0.3) is 0 Å². The zero-order valence-electron chi connectivity index (χ0n) is 7.30. The largest absolute Gasteiger partial charge is 0.325 e. The van der Waals surface area contributed by atoms with E-state index < -0.39 is 0 Å². The molecule has 4 nitrogen and oxygen atoms in total. The lowest BCUT2D eigenvalue weighted by Gasteiger charge is -2.13. The Hall–Kier alpha value is -0.870. The van der Waals surface area contributed by atoms with Crippen molar-refractivity contribution in [2.75, 3.05) is 6.54 Å². The molecule has 0 aliphatic carbocycles. The van der Waals surface area contributed by atoms with Crippen molar-refractivity contribution < 1.29 is 0 Å². The Morgan fingerprint density at radius 2 is 2.50 bits per heavy atom. The molecule has 0 atom stereocenters. The van der Waals surface area contributed by atoms with Gasteiger partial charge < -0.3 is 11.1 Å². The van der Waals surface area contributed by atoms with E-state index in [1.165, 1.54) is 11.3 Å². The van der Waals surface area contributed by atoms with Gasteiger partial charge >= 0.3 is 0 Å². The number of aryl methyl sites for hydroxylation is 1. The van der Waals surface area contributed by atoms with Crippen LogP contribution in [-0.4, -0.2) is 16.3 Å². The van der Waals surface area contributed by atoms with Crippen LogP contribution in [0.1, 0.15) is 17.0 Å². The summed E-state index contributed by atoms with van der Waals surface area (Å²) in [4.78, 5) is 0. The highest BCUT2D eigenvalue weighted by molar-refractivity contribution is 5.28. The maximum Gasteiger partial charge on any atom is 0.0808 e. The molecule has 1 aromatic rings. The first-order valence-electron chi connectivity index (χ1n) is 4.27. The minimum atomic E-state index is 0.546. The molecule has 1 aromatic heterocycles. The molecule has 0 bridgehead atoms. The predicted molar refractivity (Wildman–Crippen MR) is 46.5 cm³/mol. The van der Waals surface area contributed by atoms with Crippen LogP contribution in [-0.2, 0) is 26.6 Å². The number of hydrogen-bond donors (Lipinski definition) is 2. The van der Waals surface area contributed by atoms with Gasteiger partial charge in [0.2, 0.25) is 0 Å². The summed E-state index contributed by atoms with van der Waals surface area (Å²) in [6.45, 7) is 2.52. The highest BCUT2D eigenvalue weighted by Gasteiger charge is 2.17. The van der Waals surface area contributed by atoms with Crippen molar-refractivity contribution in [1.82, 2.24) is 15.1 Å². The maximum absolute atomic E-state index is 5.58. The SMILES string of the molecule is Cn1nc(CN)c2c1CCNC2. The van der Waals surface area contributed by atoms with Gasteiger partial charge in [0.15, 0.2) is 0 Å². The molecule has 0 saturated heterocycles. The fraction of sp³-hybridized carbons (Fsp3) is 0.625. The van der Waals surface area contributed by atoms with Crippen LogP contribution in [0.5, 0.6) is 0 Å². The minimum Gasteiger partial charge on any atom is -0.325 e. The normalized spacial score (nSPS) is 16.2. The van der Waals surface area contributed by atoms with E-state index in [1.54, 1.807) is 0 Å². The molecule has 3 N–H and O–H groups in total. The molecular weight excluding hydrogens is 152 g/mol. The summed E-state index contributed by atoms with van der Waals surface area (Å²) >= 11 is 0. The van der Waals surface area contributed by atoms with Crippen molar-refractivity contribution in [3.63, 3.8) is 0 Å². The standard InChI is InChI=1S/C8H14N4/c1-12-8-2-3-10-5-6(8)7(4-9)11-12/h10H,2-5,9H2,1H3. The second-order valence-corrected chi connectivity index (χ2v) is 3.13. The van der Waals surface area contributed by atoms with Gasteiger partial charge in [0.05, 0.1) is 5.69 Å². The van der Waals surface area contributed by atoms with Crippen LogP contribution in [0.2, 0.25) is 0 Å². The van der Waals surface area contributed by atoms with Gasteiger partial charge in [-0.1, -0.05) is 0 Å². The van der Waals surface area contributed by atoms with Crippen LogP contribution in [0.3, 0.4) is 0 Å². The summed E-state index contributed by atoms with van der Waals surface area (Å²) in [7, 11) is 1.99. The molecule has 2 heterocycles. The van der Waals surface area contributed by atoms with Crippen LogP contribution in [0.15, 0.2) is 0 Å². The van der Waals surface area contributed by atoms with Crippen molar-refractivity contribution >= 4 is 0 Å². The van der Waals surface area contributed by atoms with Gasteiger partial charge in [-0.2, -0.15) is 5.10 Å². The molecule has 0 spiro atoms. The molecular formula is C8H14N4. The number of aromatic nitrogens is 2. The van der Waals surface area contributed by atoms with E-state index in [-0.39, 0.29) is 0 Å². The van der Waals surface area contributed by atoms with Crippen LogP contribution < -0.4 is 11.1 Å². The topological polar surface area (TPSA) is 55.9 Å². The van der Waals surface area contributed by atoms with E-state index in [4.69, 9.17) is 5.73 Å². The van der Waals surface area contributed by atoms with Crippen LogP contribution >= 0.6 is 0 Å². The first-order valence-corrected chi connectivity index (χ1v) is 4.27. The number of nitrogens with zero attached hydrogens (tertiary/aromatic N) is 2. The second kappa shape index (κ2) is 2.88. The molecule has 0 amide bonds. The fourth-order valence-electron chi connectivity index (χ4n) is 1.76. The third-order valence-corrected chi connectivity index (χ3v) is 2.39. The molecule has 2 rings (SSSR count). The Kier molecular flexibility index (Phi) is 1.86. The number of nitrogens with one attached hydrogen (secondary N) is 1. The van der Waals surface area contributed by atoms with E-state index in [9.17, 15) is 0 Å². The van der Waals surface area contributed by atoms with Gasteiger partial charge in [0, 0.05) is 44.4 Å². The Balaban J connectivity index is 2.47. The van der Waals surface area contributed by atoms with E-state index in [2.05, 4.69) is 10.4 Å². The molecule has 66 valence electrons. The number of nitrogens with two attached hydrogens (primary N) is 1. The Labute approximate surface area is 71.7 Å². The number of rotatable bonds is 1. The van der Waals surface area contributed by atoms with E-state index >= 15 is 0 Å². The van der Waals surface area contributed by atoms with Gasteiger partial charge in [-0.05, 0) is 0 Å². The lowest BCUT2D eigenvalue weighted by molar-refractivity contribution is 0.604. The first kappa shape index (κ1) is 7.76. The minimum absolute atomic E-state index is 0.546.